The summed E-state index contributed by atoms with van der Waals surface area (Å²) in [6, 6.07) is 9.12. The highest BCUT2D eigenvalue weighted by molar-refractivity contribution is 7.15. The number of anilines is 1. The van der Waals surface area contributed by atoms with E-state index >= 15 is 0 Å². The molecule has 19 heavy (non-hydrogen) atoms. The maximum atomic E-state index is 11.6. The lowest BCUT2D eigenvalue weighted by atomic mass is 9.92. The minimum atomic E-state index is -1.18. The molecule has 0 aliphatic rings. The van der Waals surface area contributed by atoms with Gasteiger partial charge in [-0.05, 0) is 26.3 Å². The van der Waals surface area contributed by atoms with Crippen LogP contribution in [-0.4, -0.2) is 16.1 Å². The van der Waals surface area contributed by atoms with E-state index in [9.17, 15) is 9.90 Å². The standard InChI is InChI=1S/C14H16N2O2S/c1-9-10(2)19-13(15-9)16-14(3,12(17)18)11-7-5-4-6-8-11/h4-8H,1-3H3,(H,15,16)(H,17,18). The number of thiazole rings is 1. The van der Waals surface area contributed by atoms with Crippen LogP contribution in [0.1, 0.15) is 23.1 Å². The third-order valence-electron chi connectivity index (χ3n) is 3.16. The van der Waals surface area contributed by atoms with Gasteiger partial charge in [0.15, 0.2) is 10.7 Å². The summed E-state index contributed by atoms with van der Waals surface area (Å²) in [5.74, 6) is -0.927. The maximum Gasteiger partial charge on any atom is 0.333 e. The Hall–Kier alpha value is -1.88. The maximum absolute atomic E-state index is 11.6. The summed E-state index contributed by atoms with van der Waals surface area (Å²) in [6.07, 6.45) is 0. The average Bonchev–Trinajstić information content (AvgIpc) is 2.69. The monoisotopic (exact) mass is 276 g/mol. The molecule has 0 aliphatic carbocycles. The summed E-state index contributed by atoms with van der Waals surface area (Å²) in [7, 11) is 0. The number of rotatable bonds is 4. The molecule has 2 rings (SSSR count). The summed E-state index contributed by atoms with van der Waals surface area (Å²) < 4.78 is 0. The van der Waals surface area contributed by atoms with E-state index in [1.54, 1.807) is 19.1 Å². The van der Waals surface area contributed by atoms with Gasteiger partial charge in [0.25, 0.3) is 0 Å². The Morgan fingerprint density at radius 2 is 1.95 bits per heavy atom. The molecule has 0 radical (unpaired) electrons. The van der Waals surface area contributed by atoms with Crippen LogP contribution in [0.2, 0.25) is 0 Å². The third kappa shape index (κ3) is 2.61. The molecular formula is C14H16N2O2S. The van der Waals surface area contributed by atoms with Crippen LogP contribution >= 0.6 is 11.3 Å². The Bertz CT molecular complexity index is 575. The van der Waals surface area contributed by atoms with E-state index in [2.05, 4.69) is 10.3 Å². The van der Waals surface area contributed by atoms with E-state index in [0.29, 0.717) is 10.7 Å². The predicted octanol–water partition coefficient (Wildman–Crippen LogP) is 3.17. The first-order valence-corrected chi connectivity index (χ1v) is 6.76. The van der Waals surface area contributed by atoms with Crippen LogP contribution in [0.5, 0.6) is 0 Å². The summed E-state index contributed by atoms with van der Waals surface area (Å²) >= 11 is 1.47. The highest BCUT2D eigenvalue weighted by Crippen LogP contribution is 2.30. The van der Waals surface area contributed by atoms with Gasteiger partial charge in [-0.1, -0.05) is 30.3 Å². The number of benzene rings is 1. The average molecular weight is 276 g/mol. The molecule has 2 N–H and O–H groups in total. The number of carbonyl (C=O) groups is 1. The van der Waals surface area contributed by atoms with Crippen molar-refractivity contribution in [2.24, 2.45) is 0 Å². The van der Waals surface area contributed by atoms with Gasteiger partial charge in [0, 0.05) is 4.88 Å². The molecule has 1 heterocycles. The van der Waals surface area contributed by atoms with Gasteiger partial charge in [0.05, 0.1) is 5.69 Å². The van der Waals surface area contributed by atoms with Crippen molar-refractivity contribution in [1.82, 2.24) is 4.98 Å². The van der Waals surface area contributed by atoms with Gasteiger partial charge in [0.1, 0.15) is 0 Å². The first-order chi connectivity index (χ1) is 8.93. The smallest absolute Gasteiger partial charge is 0.333 e. The van der Waals surface area contributed by atoms with Crippen molar-refractivity contribution in [1.29, 1.82) is 0 Å². The molecule has 1 aromatic heterocycles. The molecule has 0 saturated heterocycles. The molecule has 5 heteroatoms. The number of hydrogen-bond donors (Lipinski definition) is 2. The van der Waals surface area contributed by atoms with E-state index in [4.69, 9.17) is 0 Å². The molecule has 0 spiro atoms. The van der Waals surface area contributed by atoms with Crippen LogP contribution in [0.3, 0.4) is 0 Å². The summed E-state index contributed by atoms with van der Waals surface area (Å²) in [6.45, 7) is 5.53. The first kappa shape index (κ1) is 13.5. The number of nitrogens with one attached hydrogen (secondary N) is 1. The molecule has 0 fully saturated rings. The molecule has 1 atom stereocenters. The molecule has 100 valence electrons. The van der Waals surface area contributed by atoms with Crippen LogP contribution in [-0.2, 0) is 10.3 Å². The number of aliphatic carboxylic acids is 1. The SMILES string of the molecule is Cc1nc(NC(C)(C(=O)O)c2ccccc2)sc1C. The molecule has 0 saturated carbocycles. The molecule has 4 nitrogen and oxygen atoms in total. The van der Waals surface area contributed by atoms with Crippen LogP contribution in [0, 0.1) is 13.8 Å². The fourth-order valence-electron chi connectivity index (χ4n) is 1.76. The lowest BCUT2D eigenvalue weighted by Crippen LogP contribution is -2.40. The minimum absolute atomic E-state index is 0.628. The molecule has 0 amide bonds. The fourth-order valence-corrected chi connectivity index (χ4v) is 2.68. The molecular weight excluding hydrogens is 260 g/mol. The van der Waals surface area contributed by atoms with Crippen LogP contribution in [0.15, 0.2) is 30.3 Å². The third-order valence-corrected chi connectivity index (χ3v) is 4.15. The van der Waals surface area contributed by atoms with Crippen LogP contribution < -0.4 is 5.32 Å². The Morgan fingerprint density at radius 3 is 2.42 bits per heavy atom. The van der Waals surface area contributed by atoms with Gasteiger partial charge in [-0.3, -0.25) is 0 Å². The van der Waals surface area contributed by atoms with E-state index in [0.717, 1.165) is 10.6 Å². The Morgan fingerprint density at radius 1 is 1.32 bits per heavy atom. The fraction of sp³-hybridized carbons (Fsp3) is 0.286. The number of carboxylic acids is 1. The Labute approximate surface area is 116 Å². The van der Waals surface area contributed by atoms with Crippen molar-refractivity contribution in [3.05, 3.63) is 46.5 Å². The van der Waals surface area contributed by atoms with E-state index in [-0.39, 0.29) is 0 Å². The number of carboxylic acid groups (broad SMARTS) is 1. The van der Waals surface area contributed by atoms with Crippen molar-refractivity contribution in [3.63, 3.8) is 0 Å². The van der Waals surface area contributed by atoms with Gasteiger partial charge in [-0.25, -0.2) is 9.78 Å². The van der Waals surface area contributed by atoms with Gasteiger partial charge in [-0.2, -0.15) is 0 Å². The molecule has 0 bridgehead atoms. The van der Waals surface area contributed by atoms with Crippen molar-refractivity contribution >= 4 is 22.4 Å². The van der Waals surface area contributed by atoms with Crippen LogP contribution in [0.25, 0.3) is 0 Å². The highest BCUT2D eigenvalue weighted by atomic mass is 32.1. The minimum Gasteiger partial charge on any atom is -0.479 e. The van der Waals surface area contributed by atoms with Crippen molar-refractivity contribution in [2.45, 2.75) is 26.3 Å². The Kier molecular flexibility index (Phi) is 3.57. The molecule has 1 unspecified atom stereocenters. The summed E-state index contributed by atoms with van der Waals surface area (Å²) in [5, 5.41) is 13.2. The second kappa shape index (κ2) is 5.01. The summed E-state index contributed by atoms with van der Waals surface area (Å²) in [4.78, 5) is 17.1. The molecule has 2 aromatic rings. The predicted molar refractivity (Wildman–Crippen MR) is 76.6 cm³/mol. The number of aromatic nitrogens is 1. The zero-order valence-corrected chi connectivity index (χ0v) is 11.9. The van der Waals surface area contributed by atoms with Gasteiger partial charge in [0.2, 0.25) is 0 Å². The van der Waals surface area contributed by atoms with Crippen LogP contribution in [0.4, 0.5) is 5.13 Å². The van der Waals surface area contributed by atoms with E-state index < -0.39 is 11.5 Å². The van der Waals surface area contributed by atoms with E-state index in [1.165, 1.54) is 11.3 Å². The van der Waals surface area contributed by atoms with Gasteiger partial charge < -0.3 is 10.4 Å². The van der Waals surface area contributed by atoms with Crippen molar-refractivity contribution < 1.29 is 9.90 Å². The number of nitrogens with zero attached hydrogens (tertiary/aromatic N) is 1. The van der Waals surface area contributed by atoms with E-state index in [1.807, 2.05) is 32.0 Å². The molecule has 1 aromatic carbocycles. The normalized spacial score (nSPS) is 13.8. The topological polar surface area (TPSA) is 62.2 Å². The summed E-state index contributed by atoms with van der Waals surface area (Å²) in [5.41, 5.74) is 0.444. The molecule has 0 aliphatic heterocycles. The van der Waals surface area contributed by atoms with Crippen molar-refractivity contribution in [3.8, 4) is 0 Å². The number of hydrogen-bond acceptors (Lipinski definition) is 4. The lowest BCUT2D eigenvalue weighted by molar-refractivity contribution is -0.142. The largest absolute Gasteiger partial charge is 0.479 e. The first-order valence-electron chi connectivity index (χ1n) is 5.94. The quantitative estimate of drug-likeness (QED) is 0.900. The Balaban J connectivity index is 2.38. The number of aryl methyl sites for hydroxylation is 2. The highest BCUT2D eigenvalue weighted by Gasteiger charge is 2.35. The second-order valence-corrected chi connectivity index (χ2v) is 5.78. The zero-order valence-electron chi connectivity index (χ0n) is 11.1. The zero-order chi connectivity index (χ0) is 14.0. The second-order valence-electron chi connectivity index (χ2n) is 4.58. The van der Waals surface area contributed by atoms with Gasteiger partial charge in [-0.15, -0.1) is 11.3 Å². The van der Waals surface area contributed by atoms with Gasteiger partial charge >= 0.3 is 5.97 Å². The lowest BCUT2D eigenvalue weighted by Gasteiger charge is -2.26. The van der Waals surface area contributed by atoms with Crippen molar-refractivity contribution in [2.75, 3.05) is 5.32 Å².